The maximum Gasteiger partial charge on any atom is 0.315 e. The smallest absolute Gasteiger partial charge is 0.315 e. The minimum Gasteiger partial charge on any atom is -0.481 e. The van der Waals surface area contributed by atoms with E-state index < -0.39 is 17.8 Å². The Labute approximate surface area is 122 Å². The van der Waals surface area contributed by atoms with Crippen LogP contribution in [-0.4, -0.2) is 26.8 Å². The third-order valence-electron chi connectivity index (χ3n) is 3.23. The van der Waals surface area contributed by atoms with Crippen LogP contribution in [0.3, 0.4) is 0 Å². The fraction of sp³-hybridized carbons (Fsp3) is 0.267. The number of amides is 1. The number of nitrogens with zero attached hydrogens (tertiary/aromatic N) is 2. The molecule has 6 heteroatoms. The van der Waals surface area contributed by atoms with Crippen LogP contribution in [-0.2, 0) is 22.7 Å². The Morgan fingerprint density at radius 1 is 1.29 bits per heavy atom. The van der Waals surface area contributed by atoms with Gasteiger partial charge in [0.05, 0.1) is 6.54 Å². The van der Waals surface area contributed by atoms with E-state index in [1.165, 1.54) is 6.92 Å². The normalized spacial score (nSPS) is 11.9. The summed E-state index contributed by atoms with van der Waals surface area (Å²) in [5.74, 6) is -2.67. The summed E-state index contributed by atoms with van der Waals surface area (Å²) in [5.41, 5.74) is 1.98. The topological polar surface area (TPSA) is 84.2 Å². The number of aromatic nitrogens is 2. The molecule has 1 amide bonds. The van der Waals surface area contributed by atoms with Gasteiger partial charge in [-0.15, -0.1) is 0 Å². The molecule has 0 spiro atoms. The van der Waals surface area contributed by atoms with E-state index in [0.717, 1.165) is 11.1 Å². The molecule has 0 aliphatic rings. The summed E-state index contributed by atoms with van der Waals surface area (Å²) in [6.07, 6.45) is 3.57. The third kappa shape index (κ3) is 3.92. The zero-order chi connectivity index (χ0) is 15.2. The van der Waals surface area contributed by atoms with Gasteiger partial charge in [-0.25, -0.2) is 0 Å². The summed E-state index contributed by atoms with van der Waals surface area (Å²) in [6, 6.07) is 9.52. The van der Waals surface area contributed by atoms with E-state index in [4.69, 9.17) is 5.11 Å². The zero-order valence-electron chi connectivity index (χ0n) is 11.7. The molecule has 21 heavy (non-hydrogen) atoms. The Balaban J connectivity index is 2.03. The Morgan fingerprint density at radius 2 is 2.00 bits per heavy atom. The van der Waals surface area contributed by atoms with Gasteiger partial charge in [0.25, 0.3) is 0 Å². The number of carbonyl (C=O) groups excluding carboxylic acids is 1. The second-order valence-electron chi connectivity index (χ2n) is 4.75. The van der Waals surface area contributed by atoms with Gasteiger partial charge in [0.1, 0.15) is 5.92 Å². The Kier molecular flexibility index (Phi) is 4.71. The minimum atomic E-state index is -1.13. The van der Waals surface area contributed by atoms with Crippen LogP contribution in [0.4, 0.5) is 0 Å². The molecule has 0 aliphatic heterocycles. The molecule has 1 heterocycles. The minimum absolute atomic E-state index is 0.299. The molecule has 0 saturated carbocycles. The van der Waals surface area contributed by atoms with Crippen LogP contribution in [0, 0.1) is 5.92 Å². The lowest BCUT2D eigenvalue weighted by Crippen LogP contribution is -2.33. The van der Waals surface area contributed by atoms with Gasteiger partial charge < -0.3 is 10.4 Å². The summed E-state index contributed by atoms with van der Waals surface area (Å²) in [5, 5.41) is 15.6. The number of nitrogens with one attached hydrogen (secondary N) is 1. The van der Waals surface area contributed by atoms with Crippen LogP contribution in [0.1, 0.15) is 18.1 Å². The molecular formula is C15H17N3O3. The molecular weight excluding hydrogens is 270 g/mol. The molecule has 0 saturated heterocycles. The van der Waals surface area contributed by atoms with Gasteiger partial charge in [-0.3, -0.25) is 14.3 Å². The summed E-state index contributed by atoms with van der Waals surface area (Å²) in [4.78, 5) is 22.4. The van der Waals surface area contributed by atoms with Crippen molar-refractivity contribution in [1.82, 2.24) is 15.1 Å². The van der Waals surface area contributed by atoms with Crippen LogP contribution < -0.4 is 5.32 Å². The van der Waals surface area contributed by atoms with Crippen molar-refractivity contribution in [3.05, 3.63) is 53.9 Å². The molecule has 1 aromatic heterocycles. The van der Waals surface area contributed by atoms with E-state index in [2.05, 4.69) is 10.4 Å². The molecule has 0 aliphatic carbocycles. The van der Waals surface area contributed by atoms with Crippen molar-refractivity contribution in [3.63, 3.8) is 0 Å². The van der Waals surface area contributed by atoms with Crippen LogP contribution in [0.5, 0.6) is 0 Å². The predicted octanol–water partition coefficient (Wildman–Crippen LogP) is 1.27. The van der Waals surface area contributed by atoms with Crippen molar-refractivity contribution in [1.29, 1.82) is 0 Å². The van der Waals surface area contributed by atoms with Gasteiger partial charge in [0.2, 0.25) is 5.91 Å². The molecule has 1 unspecified atom stereocenters. The van der Waals surface area contributed by atoms with E-state index in [1.807, 2.05) is 36.5 Å². The van der Waals surface area contributed by atoms with Crippen molar-refractivity contribution in [2.75, 3.05) is 0 Å². The van der Waals surface area contributed by atoms with Crippen molar-refractivity contribution >= 4 is 11.9 Å². The lowest BCUT2D eigenvalue weighted by molar-refractivity contribution is -0.146. The predicted molar refractivity (Wildman–Crippen MR) is 76.4 cm³/mol. The maximum atomic E-state index is 11.7. The van der Waals surface area contributed by atoms with Crippen LogP contribution in [0.2, 0.25) is 0 Å². The summed E-state index contributed by atoms with van der Waals surface area (Å²) >= 11 is 0. The lowest BCUT2D eigenvalue weighted by atomic mass is 10.1. The Bertz CT molecular complexity index is 623. The fourth-order valence-electron chi connectivity index (χ4n) is 1.90. The molecule has 6 nitrogen and oxygen atoms in total. The lowest BCUT2D eigenvalue weighted by Gasteiger charge is -2.12. The van der Waals surface area contributed by atoms with Crippen molar-refractivity contribution in [2.45, 2.75) is 20.0 Å². The summed E-state index contributed by atoms with van der Waals surface area (Å²) in [7, 11) is 0. The highest BCUT2D eigenvalue weighted by molar-refractivity contribution is 5.96. The SMILES string of the molecule is CC(C(=O)O)C(=O)NCc1ccccc1Cn1cccn1. The summed E-state index contributed by atoms with van der Waals surface area (Å²) in [6.45, 7) is 2.27. The van der Waals surface area contributed by atoms with Crippen LogP contribution >= 0.6 is 0 Å². The highest BCUT2D eigenvalue weighted by atomic mass is 16.4. The largest absolute Gasteiger partial charge is 0.481 e. The Morgan fingerprint density at radius 3 is 2.62 bits per heavy atom. The zero-order valence-corrected chi connectivity index (χ0v) is 11.7. The van der Waals surface area contributed by atoms with E-state index in [9.17, 15) is 9.59 Å². The monoisotopic (exact) mass is 287 g/mol. The molecule has 1 aromatic carbocycles. The quantitative estimate of drug-likeness (QED) is 0.784. The molecule has 0 bridgehead atoms. The number of aliphatic carboxylic acids is 1. The average Bonchev–Trinajstić information content (AvgIpc) is 2.98. The number of carbonyl (C=O) groups is 2. The first-order valence-electron chi connectivity index (χ1n) is 6.62. The first kappa shape index (κ1) is 14.8. The highest BCUT2D eigenvalue weighted by Crippen LogP contribution is 2.10. The highest BCUT2D eigenvalue weighted by Gasteiger charge is 2.20. The number of carboxylic acids is 1. The first-order chi connectivity index (χ1) is 10.1. The first-order valence-corrected chi connectivity index (χ1v) is 6.62. The van der Waals surface area contributed by atoms with Crippen molar-refractivity contribution < 1.29 is 14.7 Å². The second kappa shape index (κ2) is 6.69. The van der Waals surface area contributed by atoms with Crippen LogP contribution in [0.25, 0.3) is 0 Å². The fourth-order valence-corrected chi connectivity index (χ4v) is 1.90. The maximum absolute atomic E-state index is 11.7. The molecule has 110 valence electrons. The van der Waals surface area contributed by atoms with E-state index in [-0.39, 0.29) is 0 Å². The van der Waals surface area contributed by atoms with Gasteiger partial charge in [-0.05, 0) is 24.1 Å². The second-order valence-corrected chi connectivity index (χ2v) is 4.75. The van der Waals surface area contributed by atoms with Gasteiger partial charge in [0, 0.05) is 18.9 Å². The standard InChI is InChI=1S/C15H17N3O3/c1-11(15(20)21)14(19)16-9-12-5-2-3-6-13(12)10-18-8-4-7-17-18/h2-8,11H,9-10H2,1H3,(H,16,19)(H,20,21). The van der Waals surface area contributed by atoms with Crippen molar-refractivity contribution in [2.24, 2.45) is 5.92 Å². The Hall–Kier alpha value is -2.63. The number of hydrogen-bond donors (Lipinski definition) is 2. The summed E-state index contributed by atoms with van der Waals surface area (Å²) < 4.78 is 1.79. The number of hydrogen-bond acceptors (Lipinski definition) is 3. The molecule has 2 N–H and O–H groups in total. The molecule has 2 rings (SSSR count). The van der Waals surface area contributed by atoms with Gasteiger partial charge in [0.15, 0.2) is 0 Å². The van der Waals surface area contributed by atoms with Gasteiger partial charge >= 0.3 is 5.97 Å². The van der Waals surface area contributed by atoms with Crippen LogP contribution in [0.15, 0.2) is 42.7 Å². The molecule has 0 radical (unpaired) electrons. The number of carboxylic acid groups (broad SMARTS) is 1. The molecule has 1 atom stereocenters. The number of benzene rings is 1. The van der Waals surface area contributed by atoms with E-state index in [0.29, 0.717) is 13.1 Å². The van der Waals surface area contributed by atoms with Crippen molar-refractivity contribution in [3.8, 4) is 0 Å². The third-order valence-corrected chi connectivity index (χ3v) is 3.23. The van der Waals surface area contributed by atoms with Gasteiger partial charge in [-0.1, -0.05) is 24.3 Å². The molecule has 0 fully saturated rings. The van der Waals surface area contributed by atoms with E-state index in [1.54, 1.807) is 10.9 Å². The average molecular weight is 287 g/mol. The van der Waals surface area contributed by atoms with Gasteiger partial charge in [-0.2, -0.15) is 5.10 Å². The van der Waals surface area contributed by atoms with E-state index >= 15 is 0 Å². The molecule has 2 aromatic rings. The number of rotatable bonds is 6.